The quantitative estimate of drug-likeness (QED) is 0.649. The minimum Gasteiger partial charge on any atom is -0.465 e. The molecule has 3 N–H and O–H groups in total. The molecule has 27 heavy (non-hydrogen) atoms. The van der Waals surface area contributed by atoms with E-state index in [1.807, 2.05) is 47.2 Å². The van der Waals surface area contributed by atoms with E-state index < -0.39 is 28.1 Å². The maximum absolute atomic E-state index is 11.8. The number of benzene rings is 2. The van der Waals surface area contributed by atoms with Crippen LogP contribution in [0.15, 0.2) is 48.5 Å². The van der Waals surface area contributed by atoms with Crippen molar-refractivity contribution in [1.82, 2.24) is 10.0 Å². The molecule has 0 radical (unpaired) electrons. The zero-order chi connectivity index (χ0) is 20.0. The first-order valence-corrected chi connectivity index (χ1v) is 10.2. The van der Waals surface area contributed by atoms with Crippen molar-refractivity contribution in [3.05, 3.63) is 59.1 Å². The largest absolute Gasteiger partial charge is 0.465 e. The lowest BCUT2D eigenvalue weighted by Gasteiger charge is -2.16. The van der Waals surface area contributed by atoms with Gasteiger partial charge in [0, 0.05) is 17.5 Å². The molecule has 0 aliphatic rings. The number of nitrogens with one attached hydrogen (secondary N) is 2. The third-order valence-corrected chi connectivity index (χ3v) is 4.49. The number of carbonyl (C=O) groups excluding carboxylic acids is 1. The van der Waals surface area contributed by atoms with E-state index in [0.29, 0.717) is 5.02 Å². The van der Waals surface area contributed by atoms with Crippen molar-refractivity contribution >= 4 is 33.6 Å². The lowest BCUT2D eigenvalue weighted by atomic mass is 9.99. The summed E-state index contributed by atoms with van der Waals surface area (Å²) in [6.45, 7) is 0. The molecule has 2 amide bonds. The van der Waals surface area contributed by atoms with E-state index in [1.165, 1.54) is 0 Å². The van der Waals surface area contributed by atoms with Crippen LogP contribution in [0.1, 0.15) is 12.0 Å². The molecule has 144 valence electrons. The first kappa shape index (κ1) is 20.7. The number of hydrogen-bond donors (Lipinski definition) is 3. The monoisotopic (exact) mass is 410 g/mol. The maximum atomic E-state index is 11.8. The fourth-order valence-corrected chi connectivity index (χ4v) is 3.29. The molecule has 0 aromatic heterocycles. The zero-order valence-corrected chi connectivity index (χ0v) is 16.0. The van der Waals surface area contributed by atoms with Gasteiger partial charge in [-0.15, -0.1) is 0 Å². The highest BCUT2D eigenvalue weighted by Gasteiger charge is 2.19. The number of halogens is 1. The lowest BCUT2D eigenvalue weighted by molar-refractivity contribution is -0.119. The normalized spacial score (nSPS) is 12.2. The predicted molar refractivity (Wildman–Crippen MR) is 103 cm³/mol. The fraction of sp³-hybridized carbons (Fsp3) is 0.222. The SMILES string of the molecule is CS(=O)(=O)NC(=O)C[C@@H](Cc1ccc(-c2cccc(Cl)c2)cc1)NC(=O)O. The van der Waals surface area contributed by atoms with Crippen LogP contribution in [0.3, 0.4) is 0 Å². The topological polar surface area (TPSA) is 113 Å². The lowest BCUT2D eigenvalue weighted by Crippen LogP contribution is -2.41. The average molecular weight is 411 g/mol. The van der Waals surface area contributed by atoms with Gasteiger partial charge in [-0.1, -0.05) is 48.0 Å². The third kappa shape index (κ3) is 7.28. The minimum atomic E-state index is -3.70. The van der Waals surface area contributed by atoms with Gasteiger partial charge < -0.3 is 10.4 Å². The standard InChI is InChI=1S/C18H19ClN2O5S/c1-27(25,26)21-17(22)11-16(20-18(23)24)9-12-5-7-13(8-6-12)14-3-2-4-15(19)10-14/h2-8,10,16,20H,9,11H2,1H3,(H,21,22)(H,23,24)/t16-/m1/s1. The molecule has 0 aliphatic heterocycles. The van der Waals surface area contributed by atoms with Crippen LogP contribution in [0.2, 0.25) is 5.02 Å². The second kappa shape index (κ2) is 8.88. The number of rotatable bonds is 7. The molecule has 2 aromatic carbocycles. The molecule has 0 fully saturated rings. The van der Waals surface area contributed by atoms with Crippen LogP contribution in [-0.4, -0.2) is 37.8 Å². The predicted octanol–water partition coefficient (Wildman–Crippen LogP) is 2.65. The number of carboxylic acid groups (broad SMARTS) is 1. The van der Waals surface area contributed by atoms with E-state index in [9.17, 15) is 18.0 Å². The summed E-state index contributed by atoms with van der Waals surface area (Å²) in [5.74, 6) is -0.771. The Hall–Kier alpha value is -2.58. The smallest absolute Gasteiger partial charge is 0.404 e. The Morgan fingerprint density at radius 1 is 1.11 bits per heavy atom. The van der Waals surface area contributed by atoms with Gasteiger partial charge in [0.2, 0.25) is 15.9 Å². The summed E-state index contributed by atoms with van der Waals surface area (Å²) in [4.78, 5) is 22.7. The summed E-state index contributed by atoms with van der Waals surface area (Å²) in [5, 5.41) is 11.8. The number of amides is 2. The van der Waals surface area contributed by atoms with Gasteiger partial charge >= 0.3 is 6.09 Å². The Morgan fingerprint density at radius 2 is 1.78 bits per heavy atom. The van der Waals surface area contributed by atoms with Crippen molar-refractivity contribution in [2.75, 3.05) is 6.26 Å². The molecule has 0 aliphatic carbocycles. The van der Waals surface area contributed by atoms with Gasteiger partial charge in [-0.25, -0.2) is 13.2 Å². The Bertz CT molecular complexity index is 929. The van der Waals surface area contributed by atoms with Crippen LogP contribution in [0.25, 0.3) is 11.1 Å². The third-order valence-electron chi connectivity index (χ3n) is 3.65. The molecule has 0 saturated heterocycles. The van der Waals surface area contributed by atoms with Crippen LogP contribution >= 0.6 is 11.6 Å². The van der Waals surface area contributed by atoms with Gasteiger partial charge in [0.05, 0.1) is 6.26 Å². The molecule has 0 saturated carbocycles. The van der Waals surface area contributed by atoms with Crippen LogP contribution in [0.4, 0.5) is 4.79 Å². The van der Waals surface area contributed by atoms with Crippen molar-refractivity contribution in [2.24, 2.45) is 0 Å². The Morgan fingerprint density at radius 3 is 2.33 bits per heavy atom. The van der Waals surface area contributed by atoms with Crippen molar-refractivity contribution in [2.45, 2.75) is 18.9 Å². The van der Waals surface area contributed by atoms with Crippen molar-refractivity contribution < 1.29 is 23.1 Å². The molecule has 0 heterocycles. The summed E-state index contributed by atoms with van der Waals surface area (Å²) < 4.78 is 24.1. The van der Waals surface area contributed by atoms with E-state index in [1.54, 1.807) is 6.07 Å². The highest BCUT2D eigenvalue weighted by molar-refractivity contribution is 7.89. The van der Waals surface area contributed by atoms with Gasteiger partial charge in [0.15, 0.2) is 0 Å². The molecule has 0 spiro atoms. The molecule has 0 unspecified atom stereocenters. The first-order chi connectivity index (χ1) is 12.6. The van der Waals surface area contributed by atoms with Crippen LogP contribution in [0, 0.1) is 0 Å². The second-order valence-electron chi connectivity index (χ2n) is 6.06. The molecule has 1 atom stereocenters. The summed E-state index contributed by atoms with van der Waals surface area (Å²) in [7, 11) is -3.70. The number of carbonyl (C=O) groups is 2. The summed E-state index contributed by atoms with van der Waals surface area (Å²) in [6, 6.07) is 14.0. The summed E-state index contributed by atoms with van der Waals surface area (Å²) in [5.41, 5.74) is 2.69. The molecule has 2 aromatic rings. The fourth-order valence-electron chi connectivity index (χ4n) is 2.61. The highest BCUT2D eigenvalue weighted by Crippen LogP contribution is 2.23. The van der Waals surface area contributed by atoms with Gasteiger partial charge in [0.25, 0.3) is 0 Å². The molecule has 7 nitrogen and oxygen atoms in total. The number of hydrogen-bond acceptors (Lipinski definition) is 4. The number of sulfonamides is 1. The first-order valence-electron chi connectivity index (χ1n) is 7.97. The van der Waals surface area contributed by atoms with Crippen LogP contribution in [-0.2, 0) is 21.2 Å². The molecule has 0 bridgehead atoms. The molecular formula is C18H19ClN2O5S. The summed E-state index contributed by atoms with van der Waals surface area (Å²) in [6.07, 6.45) is -0.490. The van der Waals surface area contributed by atoms with E-state index in [-0.39, 0.29) is 12.8 Å². The molecule has 9 heteroatoms. The summed E-state index contributed by atoms with van der Waals surface area (Å²) >= 11 is 5.99. The van der Waals surface area contributed by atoms with E-state index in [4.69, 9.17) is 16.7 Å². The van der Waals surface area contributed by atoms with Crippen LogP contribution in [0.5, 0.6) is 0 Å². The van der Waals surface area contributed by atoms with E-state index in [2.05, 4.69) is 5.32 Å². The van der Waals surface area contributed by atoms with Gasteiger partial charge in [0.1, 0.15) is 0 Å². The van der Waals surface area contributed by atoms with Crippen molar-refractivity contribution in [1.29, 1.82) is 0 Å². The average Bonchev–Trinajstić information content (AvgIpc) is 2.53. The Balaban J connectivity index is 2.10. The Kier molecular flexibility index (Phi) is 6.81. The van der Waals surface area contributed by atoms with Crippen molar-refractivity contribution in [3.8, 4) is 11.1 Å². The zero-order valence-electron chi connectivity index (χ0n) is 14.5. The second-order valence-corrected chi connectivity index (χ2v) is 8.24. The highest BCUT2D eigenvalue weighted by atomic mass is 35.5. The van der Waals surface area contributed by atoms with Gasteiger partial charge in [-0.3, -0.25) is 9.52 Å². The van der Waals surface area contributed by atoms with Crippen molar-refractivity contribution in [3.63, 3.8) is 0 Å². The Labute approximate surface area is 162 Å². The van der Waals surface area contributed by atoms with E-state index >= 15 is 0 Å². The van der Waals surface area contributed by atoms with E-state index in [0.717, 1.165) is 22.9 Å². The maximum Gasteiger partial charge on any atom is 0.404 e. The minimum absolute atomic E-state index is 0.235. The molecular weight excluding hydrogens is 392 g/mol. The van der Waals surface area contributed by atoms with Crippen LogP contribution < -0.4 is 10.0 Å². The molecule has 2 rings (SSSR count). The van der Waals surface area contributed by atoms with Gasteiger partial charge in [-0.05, 0) is 35.2 Å². The van der Waals surface area contributed by atoms with Gasteiger partial charge in [-0.2, -0.15) is 0 Å².